The molecule has 2 nitrogen and oxygen atoms in total. The molecule has 2 heteroatoms. The van der Waals surface area contributed by atoms with Crippen LogP contribution in [0.25, 0.3) is 0 Å². The molecule has 0 aliphatic rings. The van der Waals surface area contributed by atoms with E-state index in [9.17, 15) is 4.79 Å². The number of hydrogen-bond donors (Lipinski definition) is 0. The zero-order chi connectivity index (χ0) is 18.6. The molecule has 0 heterocycles. The van der Waals surface area contributed by atoms with Gasteiger partial charge in [-0.3, -0.25) is 4.79 Å². The first kappa shape index (κ1) is 24.2. The van der Waals surface area contributed by atoms with Crippen LogP contribution in [0.2, 0.25) is 0 Å². The van der Waals surface area contributed by atoms with Crippen molar-refractivity contribution in [1.29, 1.82) is 0 Å². The molecule has 0 aromatic carbocycles. The highest BCUT2D eigenvalue weighted by Crippen LogP contribution is 2.14. The molecule has 0 aliphatic heterocycles. The molecule has 0 aliphatic carbocycles. The second-order valence-electron chi connectivity index (χ2n) is 7.62. The molecule has 0 saturated heterocycles. The van der Waals surface area contributed by atoms with Crippen molar-refractivity contribution in [3.05, 3.63) is 12.7 Å². The van der Waals surface area contributed by atoms with Gasteiger partial charge in [0.05, 0.1) is 0 Å². The van der Waals surface area contributed by atoms with Crippen molar-refractivity contribution in [3.8, 4) is 0 Å². The van der Waals surface area contributed by atoms with E-state index >= 15 is 0 Å². The fraction of sp³-hybridized carbons (Fsp3) is 0.870. The molecule has 0 atom stereocenters. The maximum absolute atomic E-state index is 11.3. The monoisotopic (exact) mass is 351 g/mol. The third kappa shape index (κ3) is 17.8. The summed E-state index contributed by atoms with van der Waals surface area (Å²) in [5, 5.41) is 0. The molecule has 0 bridgehead atoms. The number of amides is 1. The van der Waals surface area contributed by atoms with Crippen LogP contribution in [-0.4, -0.2) is 24.4 Å². The Morgan fingerprint density at radius 2 is 1.00 bits per heavy atom. The van der Waals surface area contributed by atoms with Crippen molar-refractivity contribution in [3.63, 3.8) is 0 Å². The van der Waals surface area contributed by atoms with E-state index in [1.807, 2.05) is 7.05 Å². The molecule has 0 rings (SSSR count). The third-order valence-electron chi connectivity index (χ3n) is 5.15. The minimum absolute atomic E-state index is 0.0384. The zero-order valence-electron chi connectivity index (χ0n) is 17.4. The van der Waals surface area contributed by atoms with E-state index in [2.05, 4.69) is 13.5 Å². The van der Waals surface area contributed by atoms with Crippen molar-refractivity contribution in [2.24, 2.45) is 0 Å². The molecule has 0 unspecified atom stereocenters. The number of rotatable bonds is 19. The molecule has 0 radical (unpaired) electrons. The van der Waals surface area contributed by atoms with E-state index in [4.69, 9.17) is 0 Å². The first-order valence-corrected chi connectivity index (χ1v) is 11.1. The molecule has 148 valence electrons. The summed E-state index contributed by atoms with van der Waals surface area (Å²) < 4.78 is 0. The van der Waals surface area contributed by atoms with E-state index < -0.39 is 0 Å². The van der Waals surface area contributed by atoms with Crippen molar-refractivity contribution in [2.45, 2.75) is 116 Å². The summed E-state index contributed by atoms with van der Waals surface area (Å²) in [6.07, 6.45) is 25.0. The van der Waals surface area contributed by atoms with Gasteiger partial charge in [0, 0.05) is 13.6 Å². The molecule has 25 heavy (non-hydrogen) atoms. The topological polar surface area (TPSA) is 20.3 Å². The van der Waals surface area contributed by atoms with Gasteiger partial charge in [-0.25, -0.2) is 0 Å². The summed E-state index contributed by atoms with van der Waals surface area (Å²) in [5.41, 5.74) is 0. The van der Waals surface area contributed by atoms with E-state index in [0.717, 1.165) is 13.0 Å². The predicted molar refractivity (Wildman–Crippen MR) is 112 cm³/mol. The SMILES string of the molecule is C=CC(=O)N(C)CCCCCCCCCCCCCCCCCCC. The van der Waals surface area contributed by atoms with Crippen LogP contribution in [0.5, 0.6) is 0 Å². The molecule has 0 spiro atoms. The van der Waals surface area contributed by atoms with E-state index in [1.165, 1.54) is 109 Å². The minimum Gasteiger partial charge on any atom is -0.342 e. The van der Waals surface area contributed by atoms with Crippen LogP contribution in [0.4, 0.5) is 0 Å². The zero-order valence-corrected chi connectivity index (χ0v) is 17.4. The fourth-order valence-electron chi connectivity index (χ4n) is 3.34. The van der Waals surface area contributed by atoms with Gasteiger partial charge in [-0.1, -0.05) is 116 Å². The van der Waals surface area contributed by atoms with Gasteiger partial charge in [0.2, 0.25) is 5.91 Å². The Labute approximate surface area is 158 Å². The molecule has 0 fully saturated rings. The molecule has 0 N–H and O–H groups in total. The quantitative estimate of drug-likeness (QED) is 0.177. The Morgan fingerprint density at radius 3 is 1.32 bits per heavy atom. The van der Waals surface area contributed by atoms with Crippen LogP contribution >= 0.6 is 0 Å². The van der Waals surface area contributed by atoms with Gasteiger partial charge in [-0.2, -0.15) is 0 Å². The van der Waals surface area contributed by atoms with E-state index in [0.29, 0.717) is 0 Å². The van der Waals surface area contributed by atoms with Crippen LogP contribution < -0.4 is 0 Å². The summed E-state index contributed by atoms with van der Waals surface area (Å²) in [7, 11) is 1.86. The van der Waals surface area contributed by atoms with Gasteiger partial charge >= 0.3 is 0 Å². The summed E-state index contributed by atoms with van der Waals surface area (Å²) >= 11 is 0. The maximum atomic E-state index is 11.3. The summed E-state index contributed by atoms with van der Waals surface area (Å²) in [6.45, 7) is 6.67. The van der Waals surface area contributed by atoms with E-state index in [1.54, 1.807) is 4.90 Å². The number of unbranched alkanes of at least 4 members (excludes halogenated alkanes) is 16. The average Bonchev–Trinajstić information content (AvgIpc) is 2.63. The first-order chi connectivity index (χ1) is 12.2. The first-order valence-electron chi connectivity index (χ1n) is 11.1. The van der Waals surface area contributed by atoms with Crippen LogP contribution in [0, 0.1) is 0 Å². The Morgan fingerprint density at radius 1 is 0.680 bits per heavy atom. The summed E-state index contributed by atoms with van der Waals surface area (Å²) in [4.78, 5) is 13.1. The minimum atomic E-state index is 0.0384. The molecule has 0 aromatic heterocycles. The average molecular weight is 352 g/mol. The highest BCUT2D eigenvalue weighted by molar-refractivity contribution is 5.86. The molecule has 0 saturated carbocycles. The second kappa shape index (κ2) is 19.5. The Kier molecular flexibility index (Phi) is 18.9. The number of likely N-dealkylation sites (N-methyl/N-ethyl adjacent to an activating group) is 1. The van der Waals surface area contributed by atoms with Crippen molar-refractivity contribution in [2.75, 3.05) is 13.6 Å². The van der Waals surface area contributed by atoms with Crippen molar-refractivity contribution in [1.82, 2.24) is 4.90 Å². The Hall–Kier alpha value is -0.790. The van der Waals surface area contributed by atoms with Gasteiger partial charge in [0.25, 0.3) is 0 Å². The lowest BCUT2D eigenvalue weighted by atomic mass is 10.0. The predicted octanol–water partition coefficient (Wildman–Crippen LogP) is 7.28. The molecular formula is C23H45NO. The Balaban J connectivity index is 3.09. The highest BCUT2D eigenvalue weighted by atomic mass is 16.2. The lowest BCUT2D eigenvalue weighted by Crippen LogP contribution is -2.25. The van der Waals surface area contributed by atoms with E-state index in [-0.39, 0.29) is 5.91 Å². The van der Waals surface area contributed by atoms with Gasteiger partial charge in [0.15, 0.2) is 0 Å². The highest BCUT2D eigenvalue weighted by Gasteiger charge is 2.02. The lowest BCUT2D eigenvalue weighted by molar-refractivity contribution is -0.124. The number of carbonyl (C=O) groups excluding carboxylic acids is 1. The maximum Gasteiger partial charge on any atom is 0.245 e. The number of hydrogen-bond acceptors (Lipinski definition) is 1. The smallest absolute Gasteiger partial charge is 0.245 e. The third-order valence-corrected chi connectivity index (χ3v) is 5.15. The summed E-state index contributed by atoms with van der Waals surface area (Å²) in [6, 6.07) is 0. The molecule has 1 amide bonds. The number of nitrogens with zero attached hydrogens (tertiary/aromatic N) is 1. The van der Waals surface area contributed by atoms with Crippen LogP contribution in [0.15, 0.2) is 12.7 Å². The largest absolute Gasteiger partial charge is 0.342 e. The van der Waals surface area contributed by atoms with Crippen molar-refractivity contribution < 1.29 is 4.79 Å². The van der Waals surface area contributed by atoms with Gasteiger partial charge in [0.1, 0.15) is 0 Å². The van der Waals surface area contributed by atoms with Gasteiger partial charge in [-0.15, -0.1) is 0 Å². The normalized spacial score (nSPS) is 10.8. The standard InChI is InChI=1S/C23H45NO/c1-4-6-7-8-9-10-11-12-13-14-15-16-17-18-19-20-21-22-24(3)23(25)5-2/h5H,2,4,6-22H2,1,3H3. The Bertz CT molecular complexity index is 300. The molecular weight excluding hydrogens is 306 g/mol. The van der Waals surface area contributed by atoms with Crippen molar-refractivity contribution >= 4 is 5.91 Å². The van der Waals surface area contributed by atoms with Crippen LogP contribution in [0.1, 0.15) is 116 Å². The van der Waals surface area contributed by atoms with Crippen LogP contribution in [0.3, 0.4) is 0 Å². The second-order valence-corrected chi connectivity index (χ2v) is 7.62. The molecule has 0 aromatic rings. The fourth-order valence-corrected chi connectivity index (χ4v) is 3.34. The van der Waals surface area contributed by atoms with Crippen LogP contribution in [-0.2, 0) is 4.79 Å². The van der Waals surface area contributed by atoms with Gasteiger partial charge in [-0.05, 0) is 12.5 Å². The van der Waals surface area contributed by atoms with Gasteiger partial charge < -0.3 is 4.90 Å². The lowest BCUT2D eigenvalue weighted by Gasteiger charge is -2.14. The number of carbonyl (C=O) groups is 1. The summed E-state index contributed by atoms with van der Waals surface area (Å²) in [5.74, 6) is 0.0384.